The van der Waals surface area contributed by atoms with E-state index >= 15 is 0 Å². The molecule has 1 rings (SSSR count). The molecule has 0 unspecified atom stereocenters. The van der Waals surface area contributed by atoms with Crippen molar-refractivity contribution in [3.63, 3.8) is 0 Å². The molecule has 0 atom stereocenters. The molecule has 1 aromatic carbocycles. The molecular weight excluding hydrogens is 295 g/mol. The zero-order valence-electron chi connectivity index (χ0n) is 9.08. The molecule has 0 heterocycles. The molecule has 0 aliphatic carbocycles. The quantitative estimate of drug-likeness (QED) is 0.869. The number of benzene rings is 1. The van der Waals surface area contributed by atoms with Crippen LogP contribution in [-0.4, -0.2) is 21.2 Å². The van der Waals surface area contributed by atoms with Crippen molar-refractivity contribution in [1.82, 2.24) is 4.89 Å². The standard InChI is InChI=1S/C9H9ClF3NO3S/c1-6-2-3-8(7(10)4-6)18(15,16)14-17-5-9(11,12)13/h2-4,14H,5H2,1H3. The zero-order chi connectivity index (χ0) is 14.0. The van der Waals surface area contributed by atoms with Gasteiger partial charge in [-0.1, -0.05) is 22.6 Å². The van der Waals surface area contributed by atoms with Gasteiger partial charge in [-0.05, 0) is 24.6 Å². The average molecular weight is 304 g/mol. The minimum absolute atomic E-state index is 0.0990. The molecular formula is C9H9ClF3NO3S. The Labute approximate surface area is 107 Å². The fraction of sp³-hybridized carbons (Fsp3) is 0.333. The Morgan fingerprint density at radius 3 is 2.50 bits per heavy atom. The molecule has 102 valence electrons. The summed E-state index contributed by atoms with van der Waals surface area (Å²) in [5.41, 5.74) is 0.718. The second-order valence-corrected chi connectivity index (χ2v) is 5.45. The fourth-order valence-corrected chi connectivity index (χ4v) is 2.46. The third-order valence-corrected chi connectivity index (χ3v) is 3.48. The minimum atomic E-state index is -4.63. The molecule has 0 saturated heterocycles. The Morgan fingerprint density at radius 2 is 2.00 bits per heavy atom. The van der Waals surface area contributed by atoms with E-state index in [1.165, 1.54) is 23.1 Å². The van der Waals surface area contributed by atoms with Gasteiger partial charge in [0.15, 0.2) is 6.61 Å². The lowest BCUT2D eigenvalue weighted by atomic mass is 10.2. The molecule has 0 aromatic heterocycles. The van der Waals surface area contributed by atoms with Gasteiger partial charge in [0.05, 0.1) is 5.02 Å². The van der Waals surface area contributed by atoms with Crippen LogP contribution >= 0.6 is 11.6 Å². The van der Waals surface area contributed by atoms with Crippen LogP contribution in [0.25, 0.3) is 0 Å². The van der Waals surface area contributed by atoms with Crippen LogP contribution in [0.3, 0.4) is 0 Å². The molecule has 0 aliphatic rings. The summed E-state index contributed by atoms with van der Waals surface area (Å²) in [5.74, 6) is 0. The van der Waals surface area contributed by atoms with Crippen LogP contribution in [0, 0.1) is 6.92 Å². The maximum Gasteiger partial charge on any atom is 0.413 e. The van der Waals surface area contributed by atoms with Crippen molar-refractivity contribution in [2.75, 3.05) is 6.61 Å². The van der Waals surface area contributed by atoms with E-state index in [-0.39, 0.29) is 9.92 Å². The third kappa shape index (κ3) is 4.45. The first-order chi connectivity index (χ1) is 8.12. The van der Waals surface area contributed by atoms with Crippen molar-refractivity contribution in [2.45, 2.75) is 18.0 Å². The monoisotopic (exact) mass is 303 g/mol. The molecule has 4 nitrogen and oxygen atoms in total. The molecule has 1 N–H and O–H groups in total. The Bertz CT molecular complexity index is 530. The molecule has 18 heavy (non-hydrogen) atoms. The highest BCUT2D eigenvalue weighted by atomic mass is 35.5. The van der Waals surface area contributed by atoms with Gasteiger partial charge >= 0.3 is 6.18 Å². The SMILES string of the molecule is Cc1ccc(S(=O)(=O)NOCC(F)(F)F)c(Cl)c1. The van der Waals surface area contributed by atoms with E-state index in [0.717, 1.165) is 5.56 Å². The molecule has 0 radical (unpaired) electrons. The summed E-state index contributed by atoms with van der Waals surface area (Å²) in [6.07, 6.45) is -4.63. The van der Waals surface area contributed by atoms with Crippen molar-refractivity contribution in [1.29, 1.82) is 0 Å². The lowest BCUT2D eigenvalue weighted by Crippen LogP contribution is -2.29. The van der Waals surface area contributed by atoms with Gasteiger partial charge in [-0.2, -0.15) is 13.2 Å². The summed E-state index contributed by atoms with van der Waals surface area (Å²) in [6.45, 7) is -0.0361. The first-order valence-electron chi connectivity index (χ1n) is 4.58. The van der Waals surface area contributed by atoms with Gasteiger partial charge in [0.1, 0.15) is 4.90 Å². The van der Waals surface area contributed by atoms with Crippen molar-refractivity contribution in [3.8, 4) is 0 Å². The van der Waals surface area contributed by atoms with Crippen LogP contribution in [-0.2, 0) is 14.9 Å². The van der Waals surface area contributed by atoms with Crippen LogP contribution in [0.4, 0.5) is 13.2 Å². The average Bonchev–Trinajstić information content (AvgIpc) is 2.13. The number of sulfonamides is 1. The van der Waals surface area contributed by atoms with Crippen LogP contribution in [0.15, 0.2) is 23.1 Å². The first kappa shape index (κ1) is 15.2. The van der Waals surface area contributed by atoms with Gasteiger partial charge in [-0.25, -0.2) is 8.42 Å². The smallest absolute Gasteiger partial charge is 0.277 e. The summed E-state index contributed by atoms with van der Waals surface area (Å²) in [5, 5.41) is -0.0990. The summed E-state index contributed by atoms with van der Waals surface area (Å²) in [4.78, 5) is 4.89. The van der Waals surface area contributed by atoms with Gasteiger partial charge in [0.2, 0.25) is 0 Å². The van der Waals surface area contributed by atoms with Crippen molar-refractivity contribution >= 4 is 21.6 Å². The van der Waals surface area contributed by atoms with Gasteiger partial charge in [-0.15, -0.1) is 0 Å². The van der Waals surface area contributed by atoms with Gasteiger partial charge < -0.3 is 0 Å². The molecule has 0 fully saturated rings. The van der Waals surface area contributed by atoms with E-state index in [1.807, 2.05) is 0 Å². The maximum atomic E-state index is 11.8. The van der Waals surface area contributed by atoms with Gasteiger partial charge in [0.25, 0.3) is 10.0 Å². The number of hydrogen-bond donors (Lipinski definition) is 1. The Kier molecular flexibility index (Phi) is 4.60. The van der Waals surface area contributed by atoms with E-state index in [1.54, 1.807) is 6.92 Å². The molecule has 0 amide bonds. The fourth-order valence-electron chi connectivity index (χ4n) is 1.06. The molecule has 1 aromatic rings. The van der Waals surface area contributed by atoms with E-state index in [0.29, 0.717) is 0 Å². The lowest BCUT2D eigenvalue weighted by molar-refractivity contribution is -0.181. The Hall–Kier alpha value is -0.830. The molecule has 0 bridgehead atoms. The van der Waals surface area contributed by atoms with E-state index < -0.39 is 22.8 Å². The second-order valence-electron chi connectivity index (χ2n) is 3.42. The number of nitrogens with one attached hydrogen (secondary N) is 1. The first-order valence-corrected chi connectivity index (χ1v) is 6.44. The van der Waals surface area contributed by atoms with E-state index in [4.69, 9.17) is 11.6 Å². The number of hydrogen-bond acceptors (Lipinski definition) is 3. The highest BCUT2D eigenvalue weighted by Gasteiger charge is 2.29. The third-order valence-electron chi connectivity index (χ3n) is 1.78. The highest BCUT2D eigenvalue weighted by Crippen LogP contribution is 2.22. The number of alkyl halides is 3. The summed E-state index contributed by atoms with van der Waals surface area (Å²) in [6, 6.07) is 4.01. The predicted molar refractivity (Wildman–Crippen MR) is 58.5 cm³/mol. The van der Waals surface area contributed by atoms with Crippen molar-refractivity contribution in [3.05, 3.63) is 28.8 Å². The largest absolute Gasteiger partial charge is 0.413 e. The Morgan fingerprint density at radius 1 is 1.39 bits per heavy atom. The summed E-state index contributed by atoms with van der Waals surface area (Å²) in [7, 11) is -4.23. The number of rotatable bonds is 4. The van der Waals surface area contributed by atoms with Crippen LogP contribution < -0.4 is 4.89 Å². The van der Waals surface area contributed by atoms with E-state index in [9.17, 15) is 21.6 Å². The van der Waals surface area contributed by atoms with Gasteiger partial charge in [0, 0.05) is 0 Å². The van der Waals surface area contributed by atoms with Crippen LogP contribution in [0.2, 0.25) is 5.02 Å². The normalized spacial score (nSPS) is 12.7. The molecule has 0 aliphatic heterocycles. The number of aryl methyl sites for hydroxylation is 1. The molecule has 0 spiro atoms. The topological polar surface area (TPSA) is 55.4 Å². The van der Waals surface area contributed by atoms with Crippen molar-refractivity contribution < 1.29 is 26.4 Å². The second kappa shape index (κ2) is 5.43. The number of halogens is 4. The maximum absolute atomic E-state index is 11.8. The molecule has 0 saturated carbocycles. The highest BCUT2D eigenvalue weighted by molar-refractivity contribution is 7.89. The van der Waals surface area contributed by atoms with Crippen molar-refractivity contribution in [2.24, 2.45) is 0 Å². The zero-order valence-corrected chi connectivity index (χ0v) is 10.7. The van der Waals surface area contributed by atoms with E-state index in [2.05, 4.69) is 4.84 Å². The van der Waals surface area contributed by atoms with Gasteiger partial charge in [-0.3, -0.25) is 4.84 Å². The summed E-state index contributed by atoms with van der Waals surface area (Å²) >= 11 is 5.69. The lowest BCUT2D eigenvalue weighted by Gasteiger charge is -2.10. The van der Waals surface area contributed by atoms with Crippen LogP contribution in [0.1, 0.15) is 5.56 Å². The minimum Gasteiger partial charge on any atom is -0.277 e. The van der Waals surface area contributed by atoms with Crippen LogP contribution in [0.5, 0.6) is 0 Å². The predicted octanol–water partition coefficient (Wildman–Crippen LogP) is 2.42. The molecule has 9 heteroatoms. The Balaban J connectivity index is 2.81. The summed E-state index contributed by atoms with van der Waals surface area (Å²) < 4.78 is 58.5.